The summed E-state index contributed by atoms with van der Waals surface area (Å²) in [5.74, 6) is -1.83. The molecular formula is C15H19FN2O2S. The van der Waals surface area contributed by atoms with Crippen LogP contribution in [0.1, 0.15) is 48.9 Å². The number of halogens is 1. The molecule has 0 aromatic heterocycles. The number of thiocarbonyl (C=S) groups is 1. The van der Waals surface area contributed by atoms with E-state index >= 15 is 0 Å². The number of phenols is 1. The first-order valence-electron chi connectivity index (χ1n) is 7.06. The van der Waals surface area contributed by atoms with E-state index in [2.05, 4.69) is 5.32 Å². The molecule has 1 aromatic rings. The molecule has 0 radical (unpaired) electrons. The van der Waals surface area contributed by atoms with Crippen molar-refractivity contribution in [3.05, 3.63) is 29.6 Å². The van der Waals surface area contributed by atoms with E-state index in [1.165, 1.54) is 12.1 Å². The molecule has 1 aliphatic carbocycles. The zero-order valence-electron chi connectivity index (χ0n) is 11.7. The molecule has 0 heterocycles. The minimum Gasteiger partial charge on any atom is -0.507 e. The Morgan fingerprint density at radius 2 is 1.90 bits per heavy atom. The van der Waals surface area contributed by atoms with E-state index in [9.17, 15) is 14.3 Å². The fraction of sp³-hybridized carbons (Fsp3) is 0.467. The van der Waals surface area contributed by atoms with Crippen LogP contribution < -0.4 is 11.1 Å². The third kappa shape index (κ3) is 3.32. The first kappa shape index (κ1) is 15.7. The van der Waals surface area contributed by atoms with Crippen LogP contribution >= 0.6 is 12.2 Å². The second-order valence-corrected chi connectivity index (χ2v) is 5.89. The van der Waals surface area contributed by atoms with Crippen LogP contribution in [0.4, 0.5) is 4.39 Å². The van der Waals surface area contributed by atoms with Crippen LogP contribution in [0.3, 0.4) is 0 Å². The highest BCUT2D eigenvalue weighted by molar-refractivity contribution is 7.80. The third-order valence-corrected chi connectivity index (χ3v) is 4.39. The van der Waals surface area contributed by atoms with E-state index in [4.69, 9.17) is 18.0 Å². The summed E-state index contributed by atoms with van der Waals surface area (Å²) in [7, 11) is 0. The summed E-state index contributed by atoms with van der Waals surface area (Å²) < 4.78 is 13.8. The Morgan fingerprint density at radius 3 is 2.43 bits per heavy atom. The molecular weight excluding hydrogens is 291 g/mol. The maximum atomic E-state index is 13.8. The molecule has 0 aliphatic heterocycles. The van der Waals surface area contributed by atoms with Crippen molar-refractivity contribution in [3.63, 3.8) is 0 Å². The lowest BCUT2D eigenvalue weighted by atomic mass is 9.89. The number of benzene rings is 1. The number of carbonyl (C=O) groups excluding carboxylic acids is 1. The molecule has 0 saturated heterocycles. The van der Waals surface area contributed by atoms with E-state index in [0.717, 1.165) is 31.7 Å². The van der Waals surface area contributed by atoms with Crippen molar-refractivity contribution >= 4 is 23.1 Å². The normalized spacial score (nSPS) is 17.8. The Morgan fingerprint density at radius 1 is 1.29 bits per heavy atom. The van der Waals surface area contributed by atoms with Crippen molar-refractivity contribution in [1.82, 2.24) is 5.32 Å². The van der Waals surface area contributed by atoms with Gasteiger partial charge in [-0.25, -0.2) is 4.39 Å². The van der Waals surface area contributed by atoms with Gasteiger partial charge in [0.1, 0.15) is 17.1 Å². The van der Waals surface area contributed by atoms with Gasteiger partial charge in [-0.05, 0) is 25.0 Å². The molecule has 1 saturated carbocycles. The van der Waals surface area contributed by atoms with Gasteiger partial charge in [-0.1, -0.05) is 44.0 Å². The molecule has 1 fully saturated rings. The van der Waals surface area contributed by atoms with Gasteiger partial charge in [0.25, 0.3) is 5.91 Å². The van der Waals surface area contributed by atoms with Gasteiger partial charge in [0, 0.05) is 0 Å². The lowest BCUT2D eigenvalue weighted by Crippen LogP contribution is -2.56. The van der Waals surface area contributed by atoms with Gasteiger partial charge in [0.15, 0.2) is 0 Å². The number of rotatable bonds is 3. The van der Waals surface area contributed by atoms with E-state index in [0.29, 0.717) is 12.8 Å². The highest BCUT2D eigenvalue weighted by Gasteiger charge is 2.36. The number of carbonyl (C=O) groups is 1. The van der Waals surface area contributed by atoms with Crippen molar-refractivity contribution in [2.24, 2.45) is 5.73 Å². The number of hydrogen-bond acceptors (Lipinski definition) is 3. The average Bonchev–Trinajstić information content (AvgIpc) is 2.65. The summed E-state index contributed by atoms with van der Waals surface area (Å²) >= 11 is 5.13. The Bertz CT molecular complexity index is 534. The van der Waals surface area contributed by atoms with Crippen LogP contribution in [-0.2, 0) is 0 Å². The minimum absolute atomic E-state index is 0.216. The highest BCUT2D eigenvalue weighted by Crippen LogP contribution is 2.29. The summed E-state index contributed by atoms with van der Waals surface area (Å²) in [6.07, 6.45) is 5.21. The maximum absolute atomic E-state index is 13.8. The zero-order valence-corrected chi connectivity index (χ0v) is 12.5. The minimum atomic E-state index is -0.794. The largest absolute Gasteiger partial charge is 0.507 e. The Hall–Kier alpha value is -1.69. The van der Waals surface area contributed by atoms with Crippen LogP contribution in [0.5, 0.6) is 5.75 Å². The lowest BCUT2D eigenvalue weighted by Gasteiger charge is -2.33. The van der Waals surface area contributed by atoms with E-state index < -0.39 is 17.3 Å². The molecule has 6 heteroatoms. The SMILES string of the molecule is NC(=S)C1(NC(=O)c2c(O)cccc2F)CCCCCC1. The summed E-state index contributed by atoms with van der Waals surface area (Å²) in [5.41, 5.74) is 4.68. The first-order chi connectivity index (χ1) is 9.96. The van der Waals surface area contributed by atoms with Gasteiger partial charge in [-0.15, -0.1) is 0 Å². The Balaban J connectivity index is 2.28. The molecule has 0 bridgehead atoms. The molecule has 1 amide bonds. The molecule has 4 N–H and O–H groups in total. The molecule has 0 spiro atoms. The van der Waals surface area contributed by atoms with Crippen molar-refractivity contribution in [2.75, 3.05) is 0 Å². The van der Waals surface area contributed by atoms with Crippen LogP contribution in [0.2, 0.25) is 0 Å². The molecule has 4 nitrogen and oxygen atoms in total. The zero-order chi connectivity index (χ0) is 15.5. The molecule has 1 aromatic carbocycles. The summed E-state index contributed by atoms with van der Waals surface area (Å²) in [5, 5.41) is 12.5. The van der Waals surface area contributed by atoms with E-state index in [-0.39, 0.29) is 16.3 Å². The van der Waals surface area contributed by atoms with Gasteiger partial charge >= 0.3 is 0 Å². The number of nitrogens with two attached hydrogens (primary N) is 1. The van der Waals surface area contributed by atoms with Crippen LogP contribution in [0.15, 0.2) is 18.2 Å². The smallest absolute Gasteiger partial charge is 0.258 e. The van der Waals surface area contributed by atoms with Crippen molar-refractivity contribution in [2.45, 2.75) is 44.1 Å². The molecule has 21 heavy (non-hydrogen) atoms. The Kier molecular flexibility index (Phi) is 4.77. The fourth-order valence-electron chi connectivity index (χ4n) is 2.78. The van der Waals surface area contributed by atoms with Crippen LogP contribution in [0, 0.1) is 5.82 Å². The average molecular weight is 310 g/mol. The van der Waals surface area contributed by atoms with Crippen molar-refractivity contribution < 1.29 is 14.3 Å². The summed E-state index contributed by atoms with van der Waals surface area (Å²) in [6, 6.07) is 3.75. The number of amides is 1. The van der Waals surface area contributed by atoms with Gasteiger partial charge in [-0.2, -0.15) is 0 Å². The first-order valence-corrected chi connectivity index (χ1v) is 7.47. The van der Waals surface area contributed by atoms with Crippen LogP contribution in [-0.4, -0.2) is 21.5 Å². The quantitative estimate of drug-likeness (QED) is 0.592. The molecule has 0 atom stereocenters. The number of hydrogen-bond donors (Lipinski definition) is 3. The van der Waals surface area contributed by atoms with Crippen molar-refractivity contribution in [1.29, 1.82) is 0 Å². The second kappa shape index (κ2) is 6.39. The molecule has 1 aliphatic rings. The number of phenolic OH excluding ortho intramolecular Hbond substituents is 1. The Labute approximate surface area is 128 Å². The standard InChI is InChI=1S/C15H19FN2O2S/c16-10-6-5-7-11(19)12(10)13(20)18-15(14(17)21)8-3-1-2-4-9-15/h5-7,19H,1-4,8-9H2,(H2,17,21)(H,18,20). The van der Waals surface area contributed by atoms with Gasteiger partial charge in [0.05, 0.1) is 10.5 Å². The monoisotopic (exact) mass is 310 g/mol. The second-order valence-electron chi connectivity index (χ2n) is 5.45. The topological polar surface area (TPSA) is 75.3 Å². The predicted molar refractivity (Wildman–Crippen MR) is 82.7 cm³/mol. The molecule has 114 valence electrons. The van der Waals surface area contributed by atoms with Gasteiger partial charge in [0.2, 0.25) is 0 Å². The number of nitrogens with one attached hydrogen (secondary N) is 1. The maximum Gasteiger partial charge on any atom is 0.258 e. The molecule has 0 unspecified atom stereocenters. The highest BCUT2D eigenvalue weighted by atomic mass is 32.1. The molecule has 2 rings (SSSR count). The van der Waals surface area contributed by atoms with Gasteiger partial charge in [-0.3, -0.25) is 4.79 Å². The van der Waals surface area contributed by atoms with Crippen molar-refractivity contribution in [3.8, 4) is 5.75 Å². The van der Waals surface area contributed by atoms with Crippen LogP contribution in [0.25, 0.3) is 0 Å². The lowest BCUT2D eigenvalue weighted by molar-refractivity contribution is 0.0910. The fourth-order valence-corrected chi connectivity index (χ4v) is 3.04. The van der Waals surface area contributed by atoms with E-state index in [1.54, 1.807) is 0 Å². The number of aromatic hydroxyl groups is 1. The van der Waals surface area contributed by atoms with E-state index in [1.807, 2.05) is 0 Å². The summed E-state index contributed by atoms with van der Waals surface area (Å²) in [6.45, 7) is 0. The summed E-state index contributed by atoms with van der Waals surface area (Å²) in [4.78, 5) is 12.6. The van der Waals surface area contributed by atoms with Gasteiger partial charge < -0.3 is 16.2 Å². The third-order valence-electron chi connectivity index (χ3n) is 4.00. The predicted octanol–water partition coefficient (Wildman–Crippen LogP) is 2.64.